The number of rotatable bonds is 4. The molecule has 28 heavy (non-hydrogen) atoms. The van der Waals surface area contributed by atoms with Crippen LogP contribution in [0.2, 0.25) is 0 Å². The summed E-state index contributed by atoms with van der Waals surface area (Å²) in [5.41, 5.74) is 1.33. The summed E-state index contributed by atoms with van der Waals surface area (Å²) >= 11 is 0. The number of aryl methyl sites for hydroxylation is 2. The fourth-order valence-corrected chi connectivity index (χ4v) is 4.56. The fourth-order valence-electron chi connectivity index (χ4n) is 3.07. The maximum absolute atomic E-state index is 13.1. The van der Waals surface area contributed by atoms with Gasteiger partial charge in [0.15, 0.2) is 21.1 Å². The van der Waals surface area contributed by atoms with Crippen molar-refractivity contribution in [3.63, 3.8) is 0 Å². The number of amides is 1. The van der Waals surface area contributed by atoms with E-state index in [-0.39, 0.29) is 10.5 Å². The second-order valence-electron chi connectivity index (χ2n) is 6.39. The highest BCUT2D eigenvalue weighted by Gasteiger charge is 2.35. The molecule has 1 N–H and O–H groups in total. The van der Waals surface area contributed by atoms with E-state index in [1.54, 1.807) is 36.1 Å². The minimum atomic E-state index is -3.79. The lowest BCUT2D eigenvalue weighted by Gasteiger charge is -2.32. The number of nitrogens with zero attached hydrogens (tertiary/aromatic N) is 5. The van der Waals surface area contributed by atoms with Gasteiger partial charge in [-0.25, -0.2) is 0 Å². The number of anilines is 2. The maximum atomic E-state index is 13.1. The standard InChI is InChI=1S/C18H18N6O3S/c1-23-9-6-17(22-23)21-18(25)13-10-16-15(20-11-13)5-3-8-24(16)28(26,27)14-4-2-7-19-12-14/h2,4,6-7,9-12H,3,5,8H2,1H3,(H-,21,22,25,26,27). The van der Waals surface area contributed by atoms with Crippen molar-refractivity contribution in [2.24, 2.45) is 7.05 Å². The Balaban J connectivity index is 1.67. The number of hydrogen-bond donors (Lipinski definition) is 1. The number of carbonyl (C=O) groups excluding carboxylic acids is 1. The first-order valence-corrected chi connectivity index (χ1v) is 10.1. The molecule has 1 unspecified atom stereocenters. The second kappa shape index (κ2) is 7.13. The van der Waals surface area contributed by atoms with Crippen LogP contribution in [0.15, 0.2) is 53.9 Å². The molecule has 0 aromatic carbocycles. The van der Waals surface area contributed by atoms with Crippen molar-refractivity contribution in [3.8, 4) is 0 Å². The zero-order valence-electron chi connectivity index (χ0n) is 15.1. The molecule has 1 amide bonds. The minimum absolute atomic E-state index is 0.103. The fraction of sp³-hybridized carbons (Fsp3) is 0.222. The SMILES string of the molecule is Cn1ccc(NC(=O)c2cnc3c(c2)N([S+](=O)([O-])c2cccnc2)CCC3)n1. The van der Waals surface area contributed by atoms with E-state index in [0.717, 1.165) is 0 Å². The third-order valence-corrected chi connectivity index (χ3v) is 6.23. The Bertz CT molecular complexity index is 1070. The number of hydrogen-bond acceptors (Lipinski definition) is 6. The number of sulfonamides is 1. The lowest BCUT2D eigenvalue weighted by Crippen LogP contribution is -2.40. The van der Waals surface area contributed by atoms with Crippen LogP contribution in [-0.2, 0) is 28.1 Å². The topological polar surface area (TPSA) is 116 Å². The van der Waals surface area contributed by atoms with Crippen molar-refractivity contribution in [1.82, 2.24) is 19.7 Å². The monoisotopic (exact) mass is 398 g/mol. The zero-order valence-corrected chi connectivity index (χ0v) is 15.9. The average molecular weight is 398 g/mol. The van der Waals surface area contributed by atoms with E-state index in [1.165, 1.54) is 29.0 Å². The molecule has 1 aliphatic rings. The van der Waals surface area contributed by atoms with Crippen molar-refractivity contribution in [2.45, 2.75) is 17.7 Å². The van der Waals surface area contributed by atoms with Gasteiger partial charge in [-0.1, -0.05) is 4.21 Å². The summed E-state index contributed by atoms with van der Waals surface area (Å²) in [5, 5.41) is 6.79. The van der Waals surface area contributed by atoms with E-state index in [4.69, 9.17) is 0 Å². The molecule has 1 aliphatic heterocycles. The minimum Gasteiger partial charge on any atom is -0.588 e. The maximum Gasteiger partial charge on any atom is 0.258 e. The van der Waals surface area contributed by atoms with E-state index in [9.17, 15) is 13.6 Å². The van der Waals surface area contributed by atoms with Gasteiger partial charge in [0.2, 0.25) is 0 Å². The van der Waals surface area contributed by atoms with Crippen LogP contribution in [0.4, 0.5) is 11.5 Å². The molecule has 0 radical (unpaired) electrons. The van der Waals surface area contributed by atoms with Crippen LogP contribution >= 0.6 is 0 Å². The molecule has 0 saturated heterocycles. The van der Waals surface area contributed by atoms with Crippen molar-refractivity contribution in [2.75, 3.05) is 16.2 Å². The number of pyridine rings is 2. The smallest absolute Gasteiger partial charge is 0.258 e. The average Bonchev–Trinajstić information content (AvgIpc) is 3.12. The normalized spacial score (nSPS) is 15.6. The van der Waals surface area contributed by atoms with Crippen LogP contribution in [0.1, 0.15) is 22.5 Å². The Labute approximate surface area is 162 Å². The molecule has 3 aromatic heterocycles. The summed E-state index contributed by atoms with van der Waals surface area (Å²) in [6.07, 6.45) is 7.30. The molecular formula is C18H18N6O3S. The molecule has 0 spiro atoms. The largest absolute Gasteiger partial charge is 0.588 e. The Morgan fingerprint density at radius 2 is 2.18 bits per heavy atom. The van der Waals surface area contributed by atoms with Gasteiger partial charge in [-0.15, -0.1) is 0 Å². The molecule has 10 heteroatoms. The van der Waals surface area contributed by atoms with Gasteiger partial charge >= 0.3 is 0 Å². The quantitative estimate of drug-likeness (QED) is 0.670. The summed E-state index contributed by atoms with van der Waals surface area (Å²) in [5.74, 6) is 0.00311. The first-order valence-electron chi connectivity index (χ1n) is 8.68. The van der Waals surface area contributed by atoms with Crippen molar-refractivity contribution < 1.29 is 13.6 Å². The van der Waals surface area contributed by atoms with E-state index in [1.807, 2.05) is 0 Å². The lowest BCUT2D eigenvalue weighted by atomic mass is 10.1. The number of fused-ring (bicyclic) bond motifs is 1. The summed E-state index contributed by atoms with van der Waals surface area (Å²) in [4.78, 5) is 20.9. The summed E-state index contributed by atoms with van der Waals surface area (Å²) < 4.78 is 29.0. The van der Waals surface area contributed by atoms with Crippen LogP contribution in [0.25, 0.3) is 0 Å². The molecule has 4 rings (SSSR count). The summed E-state index contributed by atoms with van der Waals surface area (Å²) in [6, 6.07) is 6.31. The molecular weight excluding hydrogens is 380 g/mol. The highest BCUT2D eigenvalue weighted by atomic mass is 32.3. The highest BCUT2D eigenvalue weighted by molar-refractivity contribution is 7.99. The van der Waals surface area contributed by atoms with Gasteiger partial charge in [0, 0.05) is 31.7 Å². The van der Waals surface area contributed by atoms with Crippen molar-refractivity contribution in [1.29, 1.82) is 0 Å². The Hall–Kier alpha value is -3.11. The number of carbonyl (C=O) groups is 1. The zero-order chi connectivity index (χ0) is 19.7. The summed E-state index contributed by atoms with van der Waals surface area (Å²) in [6.45, 7) is 0.317. The van der Waals surface area contributed by atoms with Crippen LogP contribution in [0.5, 0.6) is 0 Å². The molecule has 3 aromatic rings. The predicted molar refractivity (Wildman–Crippen MR) is 102 cm³/mol. The molecule has 144 valence electrons. The Kier molecular flexibility index (Phi) is 4.65. The number of aromatic nitrogens is 4. The molecule has 0 fully saturated rings. The van der Waals surface area contributed by atoms with Crippen LogP contribution in [0.3, 0.4) is 0 Å². The first kappa shape index (κ1) is 18.3. The molecule has 0 aliphatic carbocycles. The van der Waals surface area contributed by atoms with Gasteiger partial charge in [-0.05, 0) is 31.0 Å². The van der Waals surface area contributed by atoms with Gasteiger partial charge in [0.25, 0.3) is 5.91 Å². The molecule has 4 heterocycles. The second-order valence-corrected chi connectivity index (χ2v) is 8.25. The van der Waals surface area contributed by atoms with E-state index in [2.05, 4.69) is 20.4 Å². The predicted octanol–water partition coefficient (Wildman–Crippen LogP) is 1.82. The Morgan fingerprint density at radius 3 is 2.89 bits per heavy atom. The van der Waals surface area contributed by atoms with E-state index < -0.39 is 16.3 Å². The van der Waals surface area contributed by atoms with Gasteiger partial charge in [0.05, 0.1) is 24.0 Å². The first-order chi connectivity index (χ1) is 13.4. The van der Waals surface area contributed by atoms with E-state index in [0.29, 0.717) is 36.6 Å². The van der Waals surface area contributed by atoms with Crippen molar-refractivity contribution in [3.05, 3.63) is 60.3 Å². The van der Waals surface area contributed by atoms with Crippen LogP contribution in [-0.4, -0.2) is 36.8 Å². The van der Waals surface area contributed by atoms with Crippen LogP contribution < -0.4 is 9.62 Å². The van der Waals surface area contributed by atoms with Gasteiger partial charge in [-0.3, -0.25) is 19.4 Å². The van der Waals surface area contributed by atoms with Crippen molar-refractivity contribution >= 4 is 27.8 Å². The third kappa shape index (κ3) is 3.39. The van der Waals surface area contributed by atoms with Gasteiger partial charge < -0.3 is 9.87 Å². The molecule has 0 saturated carbocycles. The van der Waals surface area contributed by atoms with Gasteiger partial charge in [-0.2, -0.15) is 9.40 Å². The van der Waals surface area contributed by atoms with Gasteiger partial charge in [0.1, 0.15) is 5.69 Å². The Morgan fingerprint density at radius 1 is 1.32 bits per heavy atom. The molecule has 0 bridgehead atoms. The van der Waals surface area contributed by atoms with Crippen LogP contribution in [0, 0.1) is 0 Å². The molecule has 9 nitrogen and oxygen atoms in total. The summed E-state index contributed by atoms with van der Waals surface area (Å²) in [7, 11) is -2.04. The van der Waals surface area contributed by atoms with E-state index >= 15 is 0 Å². The lowest BCUT2D eigenvalue weighted by molar-refractivity contribution is 0.102. The molecule has 1 atom stereocenters. The highest BCUT2D eigenvalue weighted by Crippen LogP contribution is 2.34. The number of nitrogens with one attached hydrogen (secondary N) is 1. The third-order valence-electron chi connectivity index (χ3n) is 4.43.